The summed E-state index contributed by atoms with van der Waals surface area (Å²) >= 11 is 0. The lowest BCUT2D eigenvalue weighted by Crippen LogP contribution is -2.42. The summed E-state index contributed by atoms with van der Waals surface area (Å²) in [6, 6.07) is 16.0. The normalized spacial score (nSPS) is 19.9. The quantitative estimate of drug-likeness (QED) is 0.242. The molecule has 0 saturated carbocycles. The molecule has 40 heavy (non-hydrogen) atoms. The molecule has 5 aromatic rings. The molecular formula is C30H30ClFN6O2. The van der Waals surface area contributed by atoms with Crippen molar-refractivity contribution in [3.63, 3.8) is 0 Å². The maximum Gasteiger partial charge on any atom is 0.153 e. The van der Waals surface area contributed by atoms with Gasteiger partial charge >= 0.3 is 0 Å². The summed E-state index contributed by atoms with van der Waals surface area (Å²) in [5, 5.41) is 7.59. The number of benzene rings is 3. The Kier molecular flexibility index (Phi) is 6.93. The highest BCUT2D eigenvalue weighted by atomic mass is 35.5. The highest BCUT2D eigenvalue weighted by Crippen LogP contribution is 2.35. The van der Waals surface area contributed by atoms with Gasteiger partial charge in [-0.3, -0.25) is 0 Å². The monoisotopic (exact) mass is 560 g/mol. The van der Waals surface area contributed by atoms with Crippen molar-refractivity contribution in [2.45, 2.75) is 50.8 Å². The van der Waals surface area contributed by atoms with Gasteiger partial charge in [-0.25, -0.2) is 19.3 Å². The molecule has 2 aromatic heterocycles. The molecule has 2 atom stereocenters. The molecule has 3 aromatic carbocycles. The van der Waals surface area contributed by atoms with Crippen LogP contribution in [0.2, 0.25) is 0 Å². The topological polar surface area (TPSA) is 86.1 Å². The number of hydrogen-bond acceptors (Lipinski definition) is 7. The van der Waals surface area contributed by atoms with Gasteiger partial charge < -0.3 is 24.7 Å². The summed E-state index contributed by atoms with van der Waals surface area (Å²) in [5.74, 6) is 1.92. The SMILES string of the molecule is Cc1c(Oc2ccc3c(c2)ncn3C)ccc(Nc2ncnc3ccc(OC4CC5CCC(C4)N5)cc23)c1F.Cl. The van der Waals surface area contributed by atoms with Crippen LogP contribution in [0.3, 0.4) is 0 Å². The first kappa shape index (κ1) is 26.3. The zero-order valence-electron chi connectivity index (χ0n) is 22.2. The molecule has 0 radical (unpaired) electrons. The number of piperidine rings is 1. The third-order valence-electron chi connectivity index (χ3n) is 7.85. The van der Waals surface area contributed by atoms with Crippen LogP contribution in [0.4, 0.5) is 15.9 Å². The van der Waals surface area contributed by atoms with Crippen LogP contribution in [0.25, 0.3) is 21.9 Å². The van der Waals surface area contributed by atoms with Gasteiger partial charge in [0, 0.05) is 36.1 Å². The van der Waals surface area contributed by atoms with Gasteiger partial charge in [0.25, 0.3) is 0 Å². The Labute approximate surface area is 237 Å². The van der Waals surface area contributed by atoms with Crippen LogP contribution in [0.5, 0.6) is 17.2 Å². The zero-order valence-corrected chi connectivity index (χ0v) is 23.0. The lowest BCUT2D eigenvalue weighted by molar-refractivity contribution is 0.137. The summed E-state index contributed by atoms with van der Waals surface area (Å²) in [7, 11) is 1.94. The standard InChI is InChI=1S/C30H29FN6O2.ClH/c1-17-28(39-21-6-9-27-26(14-21)34-16-37(27)2)10-8-25(29(17)31)36-30-23-13-20(5-7-24(23)32-15-33-30)38-22-11-18-3-4-19(12-22)35-18;/h5-10,13-16,18-19,22,35H,3-4,11-12H2,1-2H3,(H,32,33,36);1H. The molecule has 2 fully saturated rings. The first-order valence-corrected chi connectivity index (χ1v) is 13.3. The van der Waals surface area contributed by atoms with E-state index in [1.54, 1.807) is 25.4 Å². The number of fused-ring (bicyclic) bond motifs is 4. The number of halogens is 2. The number of rotatable bonds is 6. The molecule has 10 heteroatoms. The lowest BCUT2D eigenvalue weighted by Gasteiger charge is -2.29. The average Bonchev–Trinajstić information content (AvgIpc) is 3.48. The molecule has 2 bridgehead atoms. The van der Waals surface area contributed by atoms with Gasteiger partial charge in [0.2, 0.25) is 0 Å². The van der Waals surface area contributed by atoms with Gasteiger partial charge in [-0.05, 0) is 75.1 Å². The number of nitrogens with zero attached hydrogens (tertiary/aromatic N) is 4. The second kappa shape index (κ2) is 10.6. The van der Waals surface area contributed by atoms with E-state index in [0.717, 1.165) is 40.5 Å². The maximum absolute atomic E-state index is 15.5. The fourth-order valence-electron chi connectivity index (χ4n) is 5.81. The minimum Gasteiger partial charge on any atom is -0.490 e. The molecule has 2 N–H and O–H groups in total. The van der Waals surface area contributed by atoms with Crippen molar-refractivity contribution in [2.24, 2.45) is 7.05 Å². The number of nitrogens with one attached hydrogen (secondary N) is 2. The lowest BCUT2D eigenvalue weighted by atomic mass is 10.0. The largest absolute Gasteiger partial charge is 0.490 e. The van der Waals surface area contributed by atoms with E-state index in [2.05, 4.69) is 25.6 Å². The molecule has 2 saturated heterocycles. The van der Waals surface area contributed by atoms with Gasteiger partial charge in [0.1, 0.15) is 35.5 Å². The van der Waals surface area contributed by atoms with Crippen molar-refractivity contribution in [3.05, 3.63) is 72.6 Å². The Bertz CT molecular complexity index is 1700. The number of aryl methyl sites for hydroxylation is 1. The third-order valence-corrected chi connectivity index (χ3v) is 7.85. The fraction of sp³-hybridized carbons (Fsp3) is 0.300. The van der Waals surface area contributed by atoms with E-state index in [4.69, 9.17) is 9.47 Å². The van der Waals surface area contributed by atoms with Gasteiger partial charge in [-0.2, -0.15) is 0 Å². The van der Waals surface area contributed by atoms with Crippen LogP contribution in [-0.4, -0.2) is 37.7 Å². The minimum atomic E-state index is -0.407. The van der Waals surface area contributed by atoms with Crippen molar-refractivity contribution in [3.8, 4) is 17.2 Å². The second-order valence-corrected chi connectivity index (χ2v) is 10.5. The van der Waals surface area contributed by atoms with E-state index >= 15 is 4.39 Å². The van der Waals surface area contributed by atoms with Gasteiger partial charge in [-0.1, -0.05) is 0 Å². The number of aromatic nitrogens is 4. The summed E-state index contributed by atoms with van der Waals surface area (Å²) in [6.45, 7) is 1.70. The van der Waals surface area contributed by atoms with Crippen LogP contribution in [-0.2, 0) is 7.05 Å². The molecule has 0 aliphatic carbocycles. The zero-order chi connectivity index (χ0) is 26.5. The molecular weight excluding hydrogens is 531 g/mol. The Morgan fingerprint density at radius 3 is 2.58 bits per heavy atom. The van der Waals surface area contributed by atoms with Crippen LogP contribution in [0.15, 0.2) is 61.2 Å². The first-order valence-electron chi connectivity index (χ1n) is 13.3. The van der Waals surface area contributed by atoms with E-state index in [-0.39, 0.29) is 18.5 Å². The molecule has 0 spiro atoms. The minimum absolute atomic E-state index is 0. The Hall–Kier alpha value is -3.95. The Morgan fingerprint density at radius 1 is 0.950 bits per heavy atom. The van der Waals surface area contributed by atoms with Gasteiger partial charge in [0.05, 0.1) is 28.6 Å². The van der Waals surface area contributed by atoms with Crippen LogP contribution < -0.4 is 20.1 Å². The van der Waals surface area contributed by atoms with E-state index in [0.29, 0.717) is 40.7 Å². The van der Waals surface area contributed by atoms with E-state index in [1.165, 1.54) is 19.2 Å². The van der Waals surface area contributed by atoms with E-state index in [9.17, 15) is 0 Å². The highest BCUT2D eigenvalue weighted by molar-refractivity contribution is 5.91. The summed E-state index contributed by atoms with van der Waals surface area (Å²) in [4.78, 5) is 13.2. The summed E-state index contributed by atoms with van der Waals surface area (Å²) < 4.78 is 29.9. The first-order chi connectivity index (χ1) is 19.0. The van der Waals surface area contributed by atoms with Crippen molar-refractivity contribution in [1.82, 2.24) is 24.8 Å². The predicted octanol–water partition coefficient (Wildman–Crippen LogP) is 6.58. The number of hydrogen-bond donors (Lipinski definition) is 2. The van der Waals surface area contributed by atoms with Crippen molar-refractivity contribution in [2.75, 3.05) is 5.32 Å². The van der Waals surface area contributed by atoms with Crippen molar-refractivity contribution in [1.29, 1.82) is 0 Å². The molecule has 2 aliphatic rings. The number of imidazole rings is 1. The molecule has 206 valence electrons. The molecule has 8 nitrogen and oxygen atoms in total. The van der Waals surface area contributed by atoms with Crippen LogP contribution in [0.1, 0.15) is 31.2 Å². The number of ether oxygens (including phenoxy) is 2. The number of anilines is 2. The fourth-order valence-corrected chi connectivity index (χ4v) is 5.81. The molecule has 2 unspecified atom stereocenters. The Balaban J connectivity index is 0.00000289. The second-order valence-electron chi connectivity index (χ2n) is 10.5. The third kappa shape index (κ3) is 4.91. The van der Waals surface area contributed by atoms with Gasteiger partial charge in [0.15, 0.2) is 5.82 Å². The molecule has 2 aliphatic heterocycles. The smallest absolute Gasteiger partial charge is 0.153 e. The van der Waals surface area contributed by atoms with E-state index in [1.807, 2.05) is 48.0 Å². The Morgan fingerprint density at radius 2 is 1.75 bits per heavy atom. The van der Waals surface area contributed by atoms with Crippen LogP contribution in [0, 0.1) is 12.7 Å². The van der Waals surface area contributed by atoms with Crippen molar-refractivity contribution < 1.29 is 13.9 Å². The molecule has 0 amide bonds. The van der Waals surface area contributed by atoms with Gasteiger partial charge in [-0.15, -0.1) is 12.4 Å². The average molecular weight is 561 g/mol. The molecule has 4 heterocycles. The van der Waals surface area contributed by atoms with Crippen molar-refractivity contribution >= 4 is 45.8 Å². The summed E-state index contributed by atoms with van der Waals surface area (Å²) in [6.07, 6.45) is 7.89. The highest BCUT2D eigenvalue weighted by Gasteiger charge is 2.34. The maximum atomic E-state index is 15.5. The molecule has 7 rings (SSSR count). The summed E-state index contributed by atoms with van der Waals surface area (Å²) in [5.41, 5.74) is 3.27. The van der Waals surface area contributed by atoms with E-state index < -0.39 is 5.82 Å². The van der Waals surface area contributed by atoms with Crippen LogP contribution >= 0.6 is 12.4 Å². The predicted molar refractivity (Wildman–Crippen MR) is 156 cm³/mol.